The number of aliphatic hydroxyl groups excluding tert-OH is 1. The van der Waals surface area contributed by atoms with Crippen molar-refractivity contribution >= 4 is 17.2 Å². The van der Waals surface area contributed by atoms with Crippen molar-refractivity contribution < 1.29 is 9.90 Å². The Kier molecular flexibility index (Phi) is 6.57. The molecule has 0 saturated heterocycles. The summed E-state index contributed by atoms with van der Waals surface area (Å²) in [4.78, 5) is 16.3. The Morgan fingerprint density at radius 2 is 2.16 bits per heavy atom. The average molecular weight is 280 g/mol. The van der Waals surface area contributed by atoms with Crippen LogP contribution in [0.1, 0.15) is 16.9 Å². The first-order valence-electron chi connectivity index (χ1n) is 6.08. The lowest BCUT2D eigenvalue weighted by molar-refractivity contribution is -0.129. The molecule has 0 aliphatic heterocycles. The lowest BCUT2D eigenvalue weighted by Crippen LogP contribution is -2.33. The largest absolute Gasteiger partial charge is 0.395 e. The van der Waals surface area contributed by atoms with Crippen LogP contribution in [-0.4, -0.2) is 55.1 Å². The monoisotopic (exact) mass is 280 g/mol. The molecular weight excluding hydrogens is 260 g/mol. The Bertz CT molecular complexity index is 471. The van der Waals surface area contributed by atoms with E-state index in [0.717, 1.165) is 12.1 Å². The molecule has 0 aliphatic carbocycles. The number of aliphatic hydroxyl groups is 1. The molecule has 1 N–H and O–H groups in total. The molecular formula is C14H20N2O2S. The molecule has 5 heteroatoms. The Morgan fingerprint density at radius 1 is 1.42 bits per heavy atom. The fourth-order valence-electron chi connectivity index (χ4n) is 1.44. The smallest absolute Gasteiger partial charge is 0.236 e. The molecule has 0 saturated carbocycles. The molecule has 0 atom stereocenters. The van der Waals surface area contributed by atoms with Crippen LogP contribution in [0.5, 0.6) is 0 Å². The molecule has 0 spiro atoms. The standard InChI is InChI=1S/C14H20N2O2S/c1-15(2)14(18)10-16(3)9-13-8-12(11-19-13)6-4-5-7-17/h8,11,17H,5,7,9-10H2,1-3H3. The van der Waals surface area contributed by atoms with Crippen LogP contribution in [0.25, 0.3) is 0 Å². The molecule has 0 aliphatic rings. The second-order valence-electron chi connectivity index (χ2n) is 4.54. The molecule has 0 aromatic carbocycles. The SMILES string of the molecule is CN(CC(=O)N(C)C)Cc1cc(C#CCCO)cs1. The van der Waals surface area contributed by atoms with Crippen LogP contribution in [0.15, 0.2) is 11.4 Å². The van der Waals surface area contributed by atoms with E-state index in [1.165, 1.54) is 4.88 Å². The van der Waals surface area contributed by atoms with Gasteiger partial charge in [-0.05, 0) is 13.1 Å². The average Bonchev–Trinajstić information content (AvgIpc) is 2.76. The summed E-state index contributed by atoms with van der Waals surface area (Å²) in [5.74, 6) is 6.00. The van der Waals surface area contributed by atoms with E-state index in [1.807, 2.05) is 23.4 Å². The van der Waals surface area contributed by atoms with E-state index in [1.54, 1.807) is 30.3 Å². The van der Waals surface area contributed by atoms with Gasteiger partial charge in [0, 0.05) is 42.9 Å². The van der Waals surface area contributed by atoms with Gasteiger partial charge >= 0.3 is 0 Å². The third-order valence-corrected chi connectivity index (χ3v) is 3.37. The maximum absolute atomic E-state index is 11.6. The van der Waals surface area contributed by atoms with Gasteiger partial charge in [-0.3, -0.25) is 9.69 Å². The third-order valence-electron chi connectivity index (χ3n) is 2.45. The molecule has 1 aromatic heterocycles. The summed E-state index contributed by atoms with van der Waals surface area (Å²) in [6.45, 7) is 1.25. The van der Waals surface area contributed by atoms with Gasteiger partial charge in [-0.25, -0.2) is 0 Å². The highest BCUT2D eigenvalue weighted by Crippen LogP contribution is 2.15. The van der Waals surface area contributed by atoms with Crippen molar-refractivity contribution in [1.29, 1.82) is 0 Å². The number of rotatable bonds is 5. The van der Waals surface area contributed by atoms with Crippen LogP contribution in [0.3, 0.4) is 0 Å². The quantitative estimate of drug-likeness (QED) is 0.819. The Morgan fingerprint density at radius 3 is 2.79 bits per heavy atom. The number of likely N-dealkylation sites (N-methyl/N-ethyl adjacent to an activating group) is 2. The first-order valence-corrected chi connectivity index (χ1v) is 6.96. The van der Waals surface area contributed by atoms with Crippen molar-refractivity contribution in [2.24, 2.45) is 0 Å². The number of hydrogen-bond donors (Lipinski definition) is 1. The molecule has 0 unspecified atom stereocenters. The lowest BCUT2D eigenvalue weighted by Gasteiger charge is -2.17. The van der Waals surface area contributed by atoms with Gasteiger partial charge < -0.3 is 10.0 Å². The minimum atomic E-state index is 0.0966. The molecule has 0 bridgehead atoms. The predicted molar refractivity (Wildman–Crippen MR) is 77.9 cm³/mol. The zero-order valence-electron chi connectivity index (χ0n) is 11.6. The van der Waals surface area contributed by atoms with Crippen molar-refractivity contribution in [1.82, 2.24) is 9.80 Å². The molecule has 1 aromatic rings. The van der Waals surface area contributed by atoms with E-state index in [0.29, 0.717) is 13.0 Å². The summed E-state index contributed by atoms with van der Waals surface area (Å²) >= 11 is 1.64. The molecule has 1 rings (SSSR count). The van der Waals surface area contributed by atoms with Crippen LogP contribution >= 0.6 is 11.3 Å². The van der Waals surface area contributed by atoms with Gasteiger partial charge in [-0.1, -0.05) is 11.8 Å². The summed E-state index contributed by atoms with van der Waals surface area (Å²) in [5, 5.41) is 10.7. The number of carbonyl (C=O) groups is 1. The molecule has 1 heterocycles. The van der Waals surface area contributed by atoms with Gasteiger partial charge in [0.2, 0.25) is 5.91 Å². The van der Waals surface area contributed by atoms with E-state index in [9.17, 15) is 4.79 Å². The molecule has 0 fully saturated rings. The van der Waals surface area contributed by atoms with Crippen molar-refractivity contribution in [2.75, 3.05) is 34.3 Å². The highest BCUT2D eigenvalue weighted by atomic mass is 32.1. The topological polar surface area (TPSA) is 43.8 Å². The van der Waals surface area contributed by atoms with E-state index in [-0.39, 0.29) is 12.5 Å². The minimum Gasteiger partial charge on any atom is -0.395 e. The second kappa shape index (κ2) is 7.95. The van der Waals surface area contributed by atoms with Crippen molar-refractivity contribution in [2.45, 2.75) is 13.0 Å². The van der Waals surface area contributed by atoms with Gasteiger partial charge in [0.1, 0.15) is 0 Å². The predicted octanol–water partition coefficient (Wildman–Crippen LogP) is 1.00. The first kappa shape index (κ1) is 15.7. The number of carbonyl (C=O) groups excluding carboxylic acids is 1. The van der Waals surface area contributed by atoms with Crippen LogP contribution in [-0.2, 0) is 11.3 Å². The van der Waals surface area contributed by atoms with Gasteiger partial charge in [-0.15, -0.1) is 11.3 Å². The van der Waals surface area contributed by atoms with Crippen molar-refractivity contribution in [3.05, 3.63) is 21.9 Å². The van der Waals surface area contributed by atoms with E-state index >= 15 is 0 Å². The molecule has 0 radical (unpaired) electrons. The highest BCUT2D eigenvalue weighted by Gasteiger charge is 2.09. The fourth-order valence-corrected chi connectivity index (χ4v) is 2.34. The fraction of sp³-hybridized carbons (Fsp3) is 0.500. The minimum absolute atomic E-state index is 0.0966. The van der Waals surface area contributed by atoms with Crippen LogP contribution in [0, 0.1) is 11.8 Å². The van der Waals surface area contributed by atoms with Crippen molar-refractivity contribution in [3.63, 3.8) is 0 Å². The van der Waals surface area contributed by atoms with Crippen molar-refractivity contribution in [3.8, 4) is 11.8 Å². The van der Waals surface area contributed by atoms with Crippen LogP contribution < -0.4 is 0 Å². The zero-order chi connectivity index (χ0) is 14.3. The maximum atomic E-state index is 11.6. The number of amides is 1. The summed E-state index contributed by atoms with van der Waals surface area (Å²) in [6, 6.07) is 2.03. The van der Waals surface area contributed by atoms with Crippen LogP contribution in [0.2, 0.25) is 0 Å². The van der Waals surface area contributed by atoms with E-state index in [2.05, 4.69) is 11.8 Å². The van der Waals surface area contributed by atoms with Gasteiger partial charge in [0.05, 0.1) is 13.2 Å². The van der Waals surface area contributed by atoms with Crippen LogP contribution in [0.4, 0.5) is 0 Å². The molecule has 1 amide bonds. The molecule has 4 nitrogen and oxygen atoms in total. The molecule has 104 valence electrons. The van der Waals surface area contributed by atoms with Gasteiger partial charge in [0.25, 0.3) is 0 Å². The normalized spacial score (nSPS) is 10.2. The zero-order valence-corrected chi connectivity index (χ0v) is 12.5. The third kappa shape index (κ3) is 5.88. The second-order valence-corrected chi connectivity index (χ2v) is 5.53. The number of thiophene rings is 1. The van der Waals surface area contributed by atoms with E-state index < -0.39 is 0 Å². The number of nitrogens with zero attached hydrogens (tertiary/aromatic N) is 2. The Balaban J connectivity index is 2.50. The lowest BCUT2D eigenvalue weighted by atomic mass is 10.3. The Hall–Kier alpha value is -1.35. The highest BCUT2D eigenvalue weighted by molar-refractivity contribution is 7.10. The summed E-state index contributed by atoms with van der Waals surface area (Å²) in [7, 11) is 5.45. The Labute approximate surface area is 118 Å². The number of hydrogen-bond acceptors (Lipinski definition) is 4. The van der Waals surface area contributed by atoms with E-state index in [4.69, 9.17) is 5.11 Å². The summed E-state index contributed by atoms with van der Waals surface area (Å²) in [6.07, 6.45) is 0.502. The summed E-state index contributed by atoms with van der Waals surface area (Å²) < 4.78 is 0. The summed E-state index contributed by atoms with van der Waals surface area (Å²) in [5.41, 5.74) is 0.973. The van der Waals surface area contributed by atoms with Gasteiger partial charge in [0.15, 0.2) is 0 Å². The van der Waals surface area contributed by atoms with Gasteiger partial charge in [-0.2, -0.15) is 0 Å². The molecule has 19 heavy (non-hydrogen) atoms. The first-order chi connectivity index (χ1) is 9.02. The maximum Gasteiger partial charge on any atom is 0.236 e.